The van der Waals surface area contributed by atoms with Crippen LogP contribution in [0.2, 0.25) is 0 Å². The Hall–Kier alpha value is 1.60. The molecule has 4 nitrogen and oxygen atoms in total. The van der Waals surface area contributed by atoms with Gasteiger partial charge in [0, 0.05) is 6.92 Å². The van der Waals surface area contributed by atoms with Gasteiger partial charge < -0.3 is 10.9 Å². The molecule has 0 aliphatic carbocycles. The van der Waals surface area contributed by atoms with Gasteiger partial charge in [0.25, 0.3) is 0 Å². The molecule has 1 unspecified atom stereocenters. The predicted molar refractivity (Wildman–Crippen MR) is 67.5 cm³/mol. The van der Waals surface area contributed by atoms with Crippen molar-refractivity contribution < 1.29 is 14.3 Å². The Balaban J connectivity index is -0.000000135. The number of carbonyl (C=O) groups is 2. The van der Waals surface area contributed by atoms with E-state index in [9.17, 15) is 9.59 Å². The van der Waals surface area contributed by atoms with E-state index in [4.69, 9.17) is 0 Å². The second kappa shape index (κ2) is 10.1. The number of rotatable bonds is 1. The molecule has 0 bridgehead atoms. The number of ether oxygens (including phenoxy) is 1. The molecule has 0 aliphatic rings. The number of alkyl halides is 2. The van der Waals surface area contributed by atoms with Crippen molar-refractivity contribution in [1.29, 1.82) is 0 Å². The topological polar surface area (TPSA) is 78.4 Å². The third-order valence-corrected chi connectivity index (χ3v) is 1.36. The van der Waals surface area contributed by atoms with E-state index in [0.29, 0.717) is 0 Å². The molecule has 0 heterocycles. The molecule has 0 fully saturated rings. The molecule has 0 spiro atoms. The minimum absolute atomic E-state index is 0. The van der Waals surface area contributed by atoms with Crippen molar-refractivity contribution in [1.82, 2.24) is 6.15 Å². The standard InChI is InChI=1S/C5H6BrIO3.ClH.H3N.Na.H/c1-3(8)10-4(9)5(2,6)7;;;;/h1-2H3;1H;1H3;;. The number of hydrogen-bond acceptors (Lipinski definition) is 4. The number of esters is 2. The van der Waals surface area contributed by atoms with Crippen LogP contribution in [0.15, 0.2) is 0 Å². The van der Waals surface area contributed by atoms with Crippen LogP contribution >= 0.6 is 50.9 Å². The molecule has 13 heavy (non-hydrogen) atoms. The summed E-state index contributed by atoms with van der Waals surface area (Å²) in [6.07, 6.45) is 0. The molecule has 1 atom stereocenters. The molecule has 8 heteroatoms. The van der Waals surface area contributed by atoms with E-state index in [1.165, 1.54) is 6.92 Å². The average Bonchev–Trinajstić information content (AvgIpc) is 1.60. The molecule has 0 saturated heterocycles. The molecular formula is C5H11BrClINNaO3. The molecule has 0 aromatic carbocycles. The zero-order chi connectivity index (χ0) is 8.36. The van der Waals surface area contributed by atoms with Gasteiger partial charge in [-0.3, -0.25) is 4.79 Å². The first-order valence-corrected chi connectivity index (χ1v) is 4.32. The fraction of sp³-hybridized carbons (Fsp3) is 0.600. The molecule has 0 aromatic heterocycles. The van der Waals surface area contributed by atoms with Crippen LogP contribution in [0.3, 0.4) is 0 Å². The Labute approximate surface area is 127 Å². The molecule has 76 valence electrons. The summed E-state index contributed by atoms with van der Waals surface area (Å²) in [7, 11) is 0. The van der Waals surface area contributed by atoms with E-state index in [-0.39, 0.29) is 48.1 Å². The van der Waals surface area contributed by atoms with E-state index in [1.807, 2.05) is 22.6 Å². The number of hydrogen-bond donors (Lipinski definition) is 1. The fourth-order valence-corrected chi connectivity index (χ4v) is 0.411. The van der Waals surface area contributed by atoms with Crippen LogP contribution in [0.25, 0.3) is 0 Å². The summed E-state index contributed by atoms with van der Waals surface area (Å²) in [6, 6.07) is 0. The van der Waals surface area contributed by atoms with E-state index in [2.05, 4.69) is 20.7 Å². The molecule has 0 amide bonds. The second-order valence-corrected chi connectivity index (χ2v) is 7.00. The molecule has 3 N–H and O–H groups in total. The van der Waals surface area contributed by atoms with Crippen molar-refractivity contribution >= 4 is 92.4 Å². The van der Waals surface area contributed by atoms with Gasteiger partial charge in [-0.05, 0) is 6.92 Å². The quantitative estimate of drug-likeness (QED) is 0.239. The van der Waals surface area contributed by atoms with Gasteiger partial charge in [-0.1, -0.05) is 38.5 Å². The van der Waals surface area contributed by atoms with Crippen molar-refractivity contribution in [3.63, 3.8) is 0 Å². The first-order valence-electron chi connectivity index (χ1n) is 2.44. The van der Waals surface area contributed by atoms with Crippen molar-refractivity contribution in [3.8, 4) is 0 Å². The van der Waals surface area contributed by atoms with Crippen LogP contribution in [-0.4, -0.2) is 43.8 Å². The van der Waals surface area contributed by atoms with Crippen molar-refractivity contribution in [2.45, 2.75) is 16.2 Å². The Morgan fingerprint density at radius 2 is 1.77 bits per heavy atom. The molecule has 0 radical (unpaired) electrons. The maximum absolute atomic E-state index is 10.8. The molecule has 0 aromatic rings. The Morgan fingerprint density at radius 3 is 1.85 bits per heavy atom. The monoisotopic (exact) mass is 397 g/mol. The van der Waals surface area contributed by atoms with Gasteiger partial charge in [0.15, 0.2) is 2.33 Å². The number of carbonyl (C=O) groups excluding carboxylic acids is 2. The SMILES string of the molecule is CC(=O)OC(=O)C(C)(Br)I.Cl.N.[NaH]. The van der Waals surface area contributed by atoms with Crippen LogP contribution in [0.1, 0.15) is 13.8 Å². The van der Waals surface area contributed by atoms with Gasteiger partial charge in [0.2, 0.25) is 0 Å². The van der Waals surface area contributed by atoms with Gasteiger partial charge in [-0.15, -0.1) is 12.4 Å². The first-order chi connectivity index (χ1) is 4.34. The normalized spacial score (nSPS) is 12.0. The average molecular weight is 398 g/mol. The van der Waals surface area contributed by atoms with Crippen LogP contribution in [0.4, 0.5) is 0 Å². The zero-order valence-electron chi connectivity index (χ0n) is 6.60. The maximum atomic E-state index is 10.8. The van der Waals surface area contributed by atoms with Crippen molar-refractivity contribution in [2.24, 2.45) is 0 Å². The van der Waals surface area contributed by atoms with Gasteiger partial charge in [-0.2, -0.15) is 0 Å². The Bertz CT molecular complexity index is 176. The molecule has 0 saturated carbocycles. The van der Waals surface area contributed by atoms with Gasteiger partial charge in [-0.25, -0.2) is 4.79 Å². The van der Waals surface area contributed by atoms with Crippen LogP contribution in [0.5, 0.6) is 0 Å². The predicted octanol–water partition coefficient (Wildman–Crippen LogP) is 1.56. The minimum atomic E-state index is -0.809. The third kappa shape index (κ3) is 13.6. The summed E-state index contributed by atoms with van der Waals surface area (Å²) >= 11 is 4.86. The molecular weight excluding hydrogens is 387 g/mol. The zero-order valence-corrected chi connectivity index (χ0v) is 11.2. The molecule has 0 rings (SSSR count). The van der Waals surface area contributed by atoms with Crippen molar-refractivity contribution in [2.75, 3.05) is 0 Å². The third-order valence-electron chi connectivity index (χ3n) is 0.595. The van der Waals surface area contributed by atoms with Crippen LogP contribution in [-0.2, 0) is 14.3 Å². The van der Waals surface area contributed by atoms with E-state index < -0.39 is 14.3 Å². The number of halogens is 3. The van der Waals surface area contributed by atoms with Gasteiger partial charge in [0.1, 0.15) is 0 Å². The first kappa shape index (κ1) is 24.0. The summed E-state index contributed by atoms with van der Waals surface area (Å²) < 4.78 is 3.47. The molecule has 0 aliphatic heterocycles. The summed E-state index contributed by atoms with van der Waals surface area (Å²) in [5.74, 6) is -1.17. The Morgan fingerprint density at radius 1 is 1.46 bits per heavy atom. The van der Waals surface area contributed by atoms with Crippen LogP contribution < -0.4 is 6.15 Å². The Kier molecular flexibility index (Phi) is 18.7. The fourth-order valence-electron chi connectivity index (χ4n) is 0.220. The van der Waals surface area contributed by atoms with Gasteiger partial charge >= 0.3 is 41.5 Å². The van der Waals surface area contributed by atoms with E-state index >= 15 is 0 Å². The van der Waals surface area contributed by atoms with E-state index in [1.54, 1.807) is 6.92 Å². The van der Waals surface area contributed by atoms with Crippen LogP contribution in [0, 0.1) is 0 Å². The summed E-state index contributed by atoms with van der Waals surface area (Å²) in [4.78, 5) is 21.0. The van der Waals surface area contributed by atoms with E-state index in [0.717, 1.165) is 0 Å². The van der Waals surface area contributed by atoms with Crippen molar-refractivity contribution in [3.05, 3.63) is 0 Å². The second-order valence-electron chi connectivity index (χ2n) is 1.77. The summed E-state index contributed by atoms with van der Waals surface area (Å²) in [5.41, 5.74) is 0. The van der Waals surface area contributed by atoms with Gasteiger partial charge in [0.05, 0.1) is 0 Å². The summed E-state index contributed by atoms with van der Waals surface area (Å²) in [5, 5.41) is 0. The summed E-state index contributed by atoms with van der Waals surface area (Å²) in [6.45, 7) is 2.78.